The number of rotatable bonds is 4. The van der Waals surface area contributed by atoms with E-state index in [1.165, 1.54) is 0 Å². The van der Waals surface area contributed by atoms with Crippen molar-refractivity contribution in [3.63, 3.8) is 0 Å². The molecule has 2 aromatic rings. The third-order valence-corrected chi connectivity index (χ3v) is 4.99. The zero-order valence-corrected chi connectivity index (χ0v) is 14.8. The number of halogens is 1. The number of likely N-dealkylation sites (N-methyl/N-ethyl adjacent to an activating group) is 1. The fourth-order valence-electron chi connectivity index (χ4n) is 3.55. The summed E-state index contributed by atoms with van der Waals surface area (Å²) in [4.78, 5) is 18.6. The van der Waals surface area contributed by atoms with E-state index in [0.717, 1.165) is 25.9 Å². The van der Waals surface area contributed by atoms with Crippen LogP contribution in [0, 0.1) is 5.82 Å². The van der Waals surface area contributed by atoms with Crippen molar-refractivity contribution in [2.45, 2.75) is 25.4 Å². The lowest BCUT2D eigenvalue weighted by molar-refractivity contribution is 0.0966. The number of hydrogen-bond donors (Lipinski definition) is 3. The summed E-state index contributed by atoms with van der Waals surface area (Å²) in [7, 11) is 3.66. The Bertz CT molecular complexity index is 844. The molecule has 0 aromatic carbocycles. The highest BCUT2D eigenvalue weighted by atomic mass is 19.1. The maximum absolute atomic E-state index is 15.1. The van der Waals surface area contributed by atoms with Crippen LogP contribution in [0.5, 0.6) is 0 Å². The van der Waals surface area contributed by atoms with E-state index in [1.54, 1.807) is 24.1 Å². The number of aryl methyl sites for hydroxylation is 1. The molecule has 3 N–H and O–H groups in total. The number of nitrogens with one attached hydrogen (secondary N) is 3. The lowest BCUT2D eigenvalue weighted by atomic mass is 10.1. The van der Waals surface area contributed by atoms with Gasteiger partial charge in [0.15, 0.2) is 11.6 Å². The van der Waals surface area contributed by atoms with Crippen LogP contribution in [-0.2, 0) is 13.6 Å². The van der Waals surface area contributed by atoms with Crippen LogP contribution in [-0.4, -0.2) is 46.9 Å². The van der Waals surface area contributed by atoms with Crippen molar-refractivity contribution in [1.82, 2.24) is 25.4 Å². The molecule has 0 radical (unpaired) electrons. The first-order valence-electron chi connectivity index (χ1n) is 8.74. The molecule has 0 spiro atoms. The van der Waals surface area contributed by atoms with Gasteiger partial charge in [-0.05, 0) is 19.4 Å². The minimum atomic E-state index is -0.428. The minimum Gasteiger partial charge on any atom is -0.353 e. The van der Waals surface area contributed by atoms with Gasteiger partial charge in [-0.1, -0.05) is 0 Å². The molecule has 2 aromatic heterocycles. The number of fused-ring (bicyclic) bond motifs is 1. The SMILES string of the molecule is CN(c1nc(Nc2cnn(C)c2)c2c(c1F)CNC2=O)C1CCCNC1. The molecule has 2 aliphatic heterocycles. The summed E-state index contributed by atoms with van der Waals surface area (Å²) in [5.41, 5.74) is 1.33. The number of piperidine rings is 1. The van der Waals surface area contributed by atoms with Crippen LogP contribution in [0.4, 0.5) is 21.7 Å². The lowest BCUT2D eigenvalue weighted by Gasteiger charge is -2.33. The molecule has 4 heterocycles. The fraction of sp³-hybridized carbons (Fsp3) is 0.471. The van der Waals surface area contributed by atoms with Gasteiger partial charge in [0.2, 0.25) is 0 Å². The molecule has 1 unspecified atom stereocenters. The number of carbonyl (C=O) groups excluding carboxylic acids is 1. The van der Waals surface area contributed by atoms with Crippen molar-refractivity contribution in [2.24, 2.45) is 7.05 Å². The maximum atomic E-state index is 15.1. The first kappa shape index (κ1) is 16.8. The summed E-state index contributed by atoms with van der Waals surface area (Å²) >= 11 is 0. The Hall–Kier alpha value is -2.68. The number of hydrogen-bond acceptors (Lipinski definition) is 6. The average molecular weight is 359 g/mol. The van der Waals surface area contributed by atoms with Gasteiger partial charge >= 0.3 is 0 Å². The lowest BCUT2D eigenvalue weighted by Crippen LogP contribution is -2.45. The first-order valence-corrected chi connectivity index (χ1v) is 8.74. The molecular weight excluding hydrogens is 337 g/mol. The largest absolute Gasteiger partial charge is 0.353 e. The van der Waals surface area contributed by atoms with Gasteiger partial charge in [0.1, 0.15) is 5.82 Å². The molecule has 0 saturated carbocycles. The zero-order chi connectivity index (χ0) is 18.3. The predicted octanol–water partition coefficient (Wildman–Crippen LogP) is 1.13. The Balaban J connectivity index is 1.75. The molecule has 0 aliphatic carbocycles. The van der Waals surface area contributed by atoms with Crippen LogP contribution >= 0.6 is 0 Å². The van der Waals surface area contributed by atoms with E-state index >= 15 is 4.39 Å². The molecule has 2 aliphatic rings. The van der Waals surface area contributed by atoms with Crippen LogP contribution in [0.2, 0.25) is 0 Å². The van der Waals surface area contributed by atoms with E-state index < -0.39 is 5.82 Å². The number of nitrogens with zero attached hydrogens (tertiary/aromatic N) is 4. The molecule has 1 fully saturated rings. The second kappa shape index (κ2) is 6.56. The molecule has 1 saturated heterocycles. The Morgan fingerprint density at radius 2 is 2.31 bits per heavy atom. The molecule has 1 atom stereocenters. The second-order valence-electron chi connectivity index (χ2n) is 6.77. The van der Waals surface area contributed by atoms with Crippen LogP contribution in [0.15, 0.2) is 12.4 Å². The molecule has 8 nitrogen and oxygen atoms in total. The predicted molar refractivity (Wildman–Crippen MR) is 96.2 cm³/mol. The van der Waals surface area contributed by atoms with E-state index in [0.29, 0.717) is 17.1 Å². The molecule has 26 heavy (non-hydrogen) atoms. The molecule has 9 heteroatoms. The summed E-state index contributed by atoms with van der Waals surface area (Å²) in [5.74, 6) is -0.121. The van der Waals surface area contributed by atoms with Gasteiger partial charge in [-0.3, -0.25) is 9.48 Å². The number of carbonyl (C=O) groups is 1. The summed E-state index contributed by atoms with van der Waals surface area (Å²) in [6.07, 6.45) is 5.43. The van der Waals surface area contributed by atoms with Crippen LogP contribution in [0.25, 0.3) is 0 Å². The van der Waals surface area contributed by atoms with Crippen molar-refractivity contribution < 1.29 is 9.18 Å². The Labute approximate surface area is 150 Å². The maximum Gasteiger partial charge on any atom is 0.255 e. The van der Waals surface area contributed by atoms with Crippen LogP contribution < -0.4 is 20.9 Å². The van der Waals surface area contributed by atoms with Crippen molar-refractivity contribution in [3.05, 3.63) is 29.3 Å². The van der Waals surface area contributed by atoms with Crippen molar-refractivity contribution in [3.8, 4) is 0 Å². The second-order valence-corrected chi connectivity index (χ2v) is 6.77. The zero-order valence-electron chi connectivity index (χ0n) is 14.8. The van der Waals surface area contributed by atoms with Crippen molar-refractivity contribution in [1.29, 1.82) is 0 Å². The molecule has 0 bridgehead atoms. The monoisotopic (exact) mass is 359 g/mol. The number of aromatic nitrogens is 3. The van der Waals surface area contributed by atoms with Gasteiger partial charge in [-0.15, -0.1) is 0 Å². The quantitative estimate of drug-likeness (QED) is 0.759. The molecule has 1 amide bonds. The minimum absolute atomic E-state index is 0.167. The highest BCUT2D eigenvalue weighted by Crippen LogP contribution is 2.33. The topological polar surface area (TPSA) is 87.1 Å². The summed E-state index contributed by atoms with van der Waals surface area (Å²) < 4.78 is 16.8. The van der Waals surface area contributed by atoms with Gasteiger partial charge in [0, 0.05) is 45.0 Å². The van der Waals surface area contributed by atoms with E-state index in [4.69, 9.17) is 0 Å². The molecule has 4 rings (SSSR count). The fourth-order valence-corrected chi connectivity index (χ4v) is 3.55. The van der Waals surface area contributed by atoms with Crippen molar-refractivity contribution in [2.75, 3.05) is 30.4 Å². The normalized spacial score (nSPS) is 19.2. The highest BCUT2D eigenvalue weighted by molar-refractivity contribution is 6.03. The van der Waals surface area contributed by atoms with Gasteiger partial charge in [-0.25, -0.2) is 9.37 Å². The summed E-state index contributed by atoms with van der Waals surface area (Å²) in [6.45, 7) is 1.95. The number of pyridine rings is 1. The smallest absolute Gasteiger partial charge is 0.255 e. The van der Waals surface area contributed by atoms with E-state index in [-0.39, 0.29) is 29.9 Å². The highest BCUT2D eigenvalue weighted by Gasteiger charge is 2.32. The van der Waals surface area contributed by atoms with Gasteiger partial charge in [0.05, 0.1) is 17.4 Å². The molecular formula is C17H22FN7O. The van der Waals surface area contributed by atoms with E-state index in [2.05, 4.69) is 26.0 Å². The van der Waals surface area contributed by atoms with Crippen LogP contribution in [0.1, 0.15) is 28.8 Å². The summed E-state index contributed by atoms with van der Waals surface area (Å²) in [6, 6.07) is 0.167. The Morgan fingerprint density at radius 1 is 1.46 bits per heavy atom. The van der Waals surface area contributed by atoms with E-state index in [1.807, 2.05) is 11.9 Å². The third kappa shape index (κ3) is 2.88. The van der Waals surface area contributed by atoms with Gasteiger partial charge in [0.25, 0.3) is 5.91 Å². The van der Waals surface area contributed by atoms with Gasteiger partial charge < -0.3 is 20.9 Å². The van der Waals surface area contributed by atoms with Crippen molar-refractivity contribution >= 4 is 23.2 Å². The van der Waals surface area contributed by atoms with E-state index in [9.17, 15) is 4.79 Å². The third-order valence-electron chi connectivity index (χ3n) is 4.99. The molecule has 138 valence electrons. The van der Waals surface area contributed by atoms with Crippen LogP contribution in [0.3, 0.4) is 0 Å². The average Bonchev–Trinajstić information content (AvgIpc) is 3.24. The Morgan fingerprint density at radius 3 is 3.00 bits per heavy atom. The number of anilines is 3. The Kier molecular flexibility index (Phi) is 4.23. The number of amides is 1. The first-order chi connectivity index (χ1) is 12.5. The van der Waals surface area contributed by atoms with Gasteiger partial charge in [-0.2, -0.15) is 5.10 Å². The standard InChI is InChI=1S/C17H22FN7O/c1-24-9-10(6-21-24)22-15-13-12(8-20-17(13)26)14(18)16(23-15)25(2)11-4-3-5-19-7-11/h6,9,11,19H,3-5,7-8H2,1-2H3,(H,20,26)(H,22,23). The summed E-state index contributed by atoms with van der Waals surface area (Å²) in [5, 5.41) is 13.3.